The van der Waals surface area contributed by atoms with Crippen molar-refractivity contribution < 1.29 is 13.9 Å². The fourth-order valence-corrected chi connectivity index (χ4v) is 4.47. The van der Waals surface area contributed by atoms with Crippen molar-refractivity contribution in [1.29, 1.82) is 0 Å². The normalized spacial score (nSPS) is 17.4. The number of pyridine rings is 3. The van der Waals surface area contributed by atoms with Crippen molar-refractivity contribution in [3.63, 3.8) is 0 Å². The van der Waals surface area contributed by atoms with Crippen LogP contribution in [0.5, 0.6) is 11.5 Å². The second kappa shape index (κ2) is 7.92. The molecule has 1 aromatic carbocycles. The molecule has 0 fully saturated rings. The molecule has 1 atom stereocenters. The highest BCUT2D eigenvalue weighted by molar-refractivity contribution is 5.78. The SMILES string of the molecule is CC#Cc1cncc(-c2ccc3c(c2)[C@@]2(COC(N)=N2)c2cc(-c4ccnc(F)c4)ncc2O3)c1. The van der Waals surface area contributed by atoms with Gasteiger partial charge < -0.3 is 15.2 Å². The summed E-state index contributed by atoms with van der Waals surface area (Å²) in [4.78, 5) is 17.2. The number of nitrogens with two attached hydrogens (primary N) is 1. The smallest absolute Gasteiger partial charge is 0.283 e. The Morgan fingerprint density at radius 1 is 0.943 bits per heavy atom. The molecule has 0 radical (unpaired) electrons. The Morgan fingerprint density at radius 3 is 2.63 bits per heavy atom. The van der Waals surface area contributed by atoms with Crippen LogP contribution < -0.4 is 10.5 Å². The zero-order valence-electron chi connectivity index (χ0n) is 18.6. The van der Waals surface area contributed by atoms with Gasteiger partial charge in [-0.15, -0.1) is 5.92 Å². The summed E-state index contributed by atoms with van der Waals surface area (Å²) in [6, 6.07) is 12.8. The molecule has 8 heteroatoms. The van der Waals surface area contributed by atoms with Crippen molar-refractivity contribution >= 4 is 6.02 Å². The molecule has 0 aliphatic carbocycles. The summed E-state index contributed by atoms with van der Waals surface area (Å²) in [7, 11) is 0. The first-order valence-corrected chi connectivity index (χ1v) is 10.9. The van der Waals surface area contributed by atoms with E-state index in [1.165, 1.54) is 12.3 Å². The molecule has 7 nitrogen and oxygen atoms in total. The molecule has 2 aliphatic heterocycles. The van der Waals surface area contributed by atoms with Gasteiger partial charge in [0.15, 0.2) is 11.3 Å². The average Bonchev–Trinajstić information content (AvgIpc) is 3.26. The number of ether oxygens (including phenoxy) is 2. The largest absolute Gasteiger partial charge is 0.462 e. The van der Waals surface area contributed by atoms with Gasteiger partial charge in [-0.3, -0.25) is 9.97 Å². The predicted octanol–water partition coefficient (Wildman–Crippen LogP) is 4.41. The van der Waals surface area contributed by atoms with Crippen LogP contribution in [0.3, 0.4) is 0 Å². The standard InChI is InChI=1S/C27H18FN5O2/c1-2-3-16-8-19(13-30-12-16)17-4-5-23-20(9-17)27(15-34-26(29)33-27)21-11-22(32-14-24(21)35-23)18-6-7-31-25(28)10-18/h4-14H,15H2,1H3,(H2,29,33)/t27-/m0/s1. The van der Waals surface area contributed by atoms with Crippen LogP contribution >= 0.6 is 0 Å². The first-order valence-electron chi connectivity index (χ1n) is 10.9. The maximum atomic E-state index is 13.8. The number of aliphatic imine (C=N–C) groups is 1. The minimum Gasteiger partial charge on any atom is -0.462 e. The van der Waals surface area contributed by atoms with Crippen LogP contribution in [0.25, 0.3) is 22.4 Å². The first-order chi connectivity index (χ1) is 17.1. The molecule has 3 aromatic heterocycles. The molecular weight excluding hydrogens is 445 g/mol. The summed E-state index contributed by atoms with van der Waals surface area (Å²) in [5.74, 6) is 6.52. The molecule has 5 heterocycles. The molecule has 0 bridgehead atoms. The van der Waals surface area contributed by atoms with Gasteiger partial charge in [-0.05, 0) is 42.8 Å². The zero-order valence-corrected chi connectivity index (χ0v) is 18.6. The van der Waals surface area contributed by atoms with E-state index >= 15 is 0 Å². The van der Waals surface area contributed by atoms with E-state index in [-0.39, 0.29) is 12.6 Å². The van der Waals surface area contributed by atoms with Gasteiger partial charge in [-0.25, -0.2) is 9.98 Å². The lowest BCUT2D eigenvalue weighted by atomic mass is 9.80. The Balaban J connectivity index is 1.53. The number of amidine groups is 1. The second-order valence-corrected chi connectivity index (χ2v) is 8.18. The number of benzene rings is 1. The molecule has 0 unspecified atom stereocenters. The molecule has 6 rings (SSSR count). The zero-order chi connectivity index (χ0) is 24.0. The lowest BCUT2D eigenvalue weighted by Gasteiger charge is -2.33. The van der Waals surface area contributed by atoms with Gasteiger partial charge in [0, 0.05) is 52.5 Å². The molecule has 35 heavy (non-hydrogen) atoms. The quantitative estimate of drug-likeness (QED) is 0.350. The van der Waals surface area contributed by atoms with Gasteiger partial charge in [0.2, 0.25) is 5.95 Å². The minimum absolute atomic E-state index is 0.0874. The second-order valence-electron chi connectivity index (χ2n) is 8.18. The van der Waals surface area contributed by atoms with Crippen LogP contribution in [0.15, 0.2) is 72.2 Å². The Kier molecular flexibility index (Phi) is 4.71. The maximum absolute atomic E-state index is 13.8. The summed E-state index contributed by atoms with van der Waals surface area (Å²) >= 11 is 0. The summed E-state index contributed by atoms with van der Waals surface area (Å²) in [5.41, 5.74) is 10.4. The van der Waals surface area contributed by atoms with Crippen molar-refractivity contribution in [2.24, 2.45) is 10.7 Å². The van der Waals surface area contributed by atoms with Crippen LogP contribution in [0.1, 0.15) is 23.6 Å². The van der Waals surface area contributed by atoms with Crippen LogP contribution in [0, 0.1) is 17.8 Å². The summed E-state index contributed by atoms with van der Waals surface area (Å²) in [5, 5.41) is 0. The summed E-state index contributed by atoms with van der Waals surface area (Å²) in [6.45, 7) is 1.98. The minimum atomic E-state index is -0.944. The van der Waals surface area contributed by atoms with Crippen molar-refractivity contribution in [2.75, 3.05) is 6.61 Å². The fourth-order valence-electron chi connectivity index (χ4n) is 4.47. The summed E-state index contributed by atoms with van der Waals surface area (Å²) < 4.78 is 25.7. The van der Waals surface area contributed by atoms with Crippen LogP contribution in [0.2, 0.25) is 0 Å². The Bertz CT molecular complexity index is 1590. The van der Waals surface area contributed by atoms with Crippen molar-refractivity contribution in [1.82, 2.24) is 15.0 Å². The highest BCUT2D eigenvalue weighted by atomic mass is 19.1. The third-order valence-corrected chi connectivity index (χ3v) is 6.05. The first kappa shape index (κ1) is 20.8. The van der Waals surface area contributed by atoms with Gasteiger partial charge in [0.1, 0.15) is 12.4 Å². The van der Waals surface area contributed by atoms with Gasteiger partial charge >= 0.3 is 0 Å². The Hall–Kier alpha value is -4.77. The number of hydrogen-bond donors (Lipinski definition) is 1. The molecule has 170 valence electrons. The molecule has 0 amide bonds. The van der Waals surface area contributed by atoms with E-state index in [1.807, 2.05) is 30.3 Å². The monoisotopic (exact) mass is 463 g/mol. The molecule has 4 aromatic rings. The summed E-state index contributed by atoms with van der Waals surface area (Å²) in [6.07, 6.45) is 6.53. The van der Waals surface area contributed by atoms with E-state index < -0.39 is 11.5 Å². The predicted molar refractivity (Wildman–Crippen MR) is 128 cm³/mol. The van der Waals surface area contributed by atoms with Crippen LogP contribution in [0.4, 0.5) is 4.39 Å². The van der Waals surface area contributed by atoms with E-state index in [0.717, 1.165) is 27.8 Å². The molecular formula is C27H18FN5O2. The third-order valence-electron chi connectivity index (χ3n) is 6.05. The molecule has 0 saturated heterocycles. The highest BCUT2D eigenvalue weighted by Gasteiger charge is 2.47. The van der Waals surface area contributed by atoms with E-state index in [1.54, 1.807) is 31.6 Å². The van der Waals surface area contributed by atoms with Crippen molar-refractivity contribution in [3.05, 3.63) is 89.9 Å². The average molecular weight is 463 g/mol. The number of nitrogens with zero attached hydrogens (tertiary/aromatic N) is 4. The van der Waals surface area contributed by atoms with E-state index in [2.05, 4.69) is 26.8 Å². The number of fused-ring (bicyclic) bond motifs is 4. The van der Waals surface area contributed by atoms with Gasteiger partial charge in [-0.1, -0.05) is 12.0 Å². The van der Waals surface area contributed by atoms with E-state index in [0.29, 0.717) is 22.8 Å². The lowest BCUT2D eigenvalue weighted by molar-refractivity contribution is 0.264. The van der Waals surface area contributed by atoms with Gasteiger partial charge in [0.05, 0.1) is 11.9 Å². The maximum Gasteiger partial charge on any atom is 0.283 e. The van der Waals surface area contributed by atoms with Crippen molar-refractivity contribution in [2.45, 2.75) is 12.5 Å². The van der Waals surface area contributed by atoms with Crippen LogP contribution in [-0.2, 0) is 10.3 Å². The number of aromatic nitrogens is 3. The van der Waals surface area contributed by atoms with Gasteiger partial charge in [0.25, 0.3) is 6.02 Å². The molecule has 2 aliphatic rings. The fraction of sp³-hybridized carbons (Fsp3) is 0.111. The molecule has 0 saturated carbocycles. The van der Waals surface area contributed by atoms with Crippen LogP contribution in [-0.4, -0.2) is 27.6 Å². The Labute approximate surface area is 200 Å². The third kappa shape index (κ3) is 3.45. The van der Waals surface area contributed by atoms with E-state index in [9.17, 15) is 4.39 Å². The highest BCUT2D eigenvalue weighted by Crippen LogP contribution is 2.52. The van der Waals surface area contributed by atoms with E-state index in [4.69, 9.17) is 20.2 Å². The number of rotatable bonds is 2. The topological polar surface area (TPSA) is 95.5 Å². The van der Waals surface area contributed by atoms with Gasteiger partial charge in [-0.2, -0.15) is 4.39 Å². The molecule has 1 spiro atoms. The lowest BCUT2D eigenvalue weighted by Crippen LogP contribution is -2.31. The molecule has 2 N–H and O–H groups in total. The Morgan fingerprint density at radius 2 is 1.83 bits per heavy atom. The number of halogens is 1. The number of hydrogen-bond acceptors (Lipinski definition) is 7. The van der Waals surface area contributed by atoms with Crippen molar-refractivity contribution in [3.8, 4) is 45.7 Å².